The lowest BCUT2D eigenvalue weighted by atomic mass is 10.2. The molecule has 0 saturated carbocycles. The molecule has 0 aliphatic heterocycles. The van der Waals surface area contributed by atoms with E-state index in [1.807, 2.05) is 31.2 Å². The number of allylic oxidation sites excluding steroid dienone is 1. The van der Waals surface area contributed by atoms with E-state index in [1.165, 1.54) is 12.7 Å². The summed E-state index contributed by atoms with van der Waals surface area (Å²) in [5, 5.41) is 0. The topological polar surface area (TPSA) is 26.3 Å². The second kappa shape index (κ2) is 8.48. The van der Waals surface area contributed by atoms with Gasteiger partial charge < -0.3 is 4.74 Å². The molecule has 0 fully saturated rings. The average molecular weight is 218 g/mol. The first-order valence-electron chi connectivity index (χ1n) is 5.03. The highest BCUT2D eigenvalue weighted by Gasteiger charge is 1.95. The zero-order valence-electron chi connectivity index (χ0n) is 10.1. The number of ether oxygens (including phenoxy) is 1. The van der Waals surface area contributed by atoms with Crippen molar-refractivity contribution in [1.29, 1.82) is 0 Å². The third-order valence-corrected chi connectivity index (χ3v) is 1.69. The van der Waals surface area contributed by atoms with Crippen LogP contribution in [0.25, 0.3) is 6.08 Å². The molecular formula is C14H18O2. The second-order valence-corrected chi connectivity index (χ2v) is 3.18. The summed E-state index contributed by atoms with van der Waals surface area (Å²) in [5.41, 5.74) is 1.70. The highest BCUT2D eigenvalue weighted by Crippen LogP contribution is 1.99. The van der Waals surface area contributed by atoms with Crippen molar-refractivity contribution < 1.29 is 9.53 Å². The predicted molar refractivity (Wildman–Crippen MR) is 68.0 cm³/mol. The molecule has 0 aliphatic carbocycles. The molecule has 0 amide bonds. The Morgan fingerprint density at radius 1 is 1.31 bits per heavy atom. The molecule has 0 aliphatic rings. The first kappa shape index (κ1) is 14.2. The number of hydrogen-bond acceptors (Lipinski definition) is 2. The Kier molecular flexibility index (Phi) is 7.51. The van der Waals surface area contributed by atoms with E-state index in [-0.39, 0.29) is 5.97 Å². The van der Waals surface area contributed by atoms with Gasteiger partial charge in [-0.3, -0.25) is 0 Å². The smallest absolute Gasteiger partial charge is 0.332 e. The molecule has 2 nitrogen and oxygen atoms in total. The molecule has 0 N–H and O–H groups in total. The van der Waals surface area contributed by atoms with Gasteiger partial charge in [-0.05, 0) is 19.4 Å². The molecule has 1 aromatic carbocycles. The Labute approximate surface area is 97.3 Å². The van der Waals surface area contributed by atoms with Crippen LogP contribution in [0.4, 0.5) is 0 Å². The molecule has 0 heterocycles. The quantitative estimate of drug-likeness (QED) is 0.561. The first-order valence-corrected chi connectivity index (χ1v) is 5.03. The molecule has 16 heavy (non-hydrogen) atoms. The zero-order chi connectivity index (χ0) is 12.4. The Morgan fingerprint density at radius 2 is 1.88 bits per heavy atom. The Hall–Kier alpha value is -1.83. The number of benzene rings is 1. The number of carbonyl (C=O) groups excluding carboxylic acids is 1. The highest BCUT2D eigenvalue weighted by molar-refractivity contribution is 5.86. The Bertz CT molecular complexity index is 350. The van der Waals surface area contributed by atoms with Crippen LogP contribution < -0.4 is 0 Å². The van der Waals surface area contributed by atoms with Crippen molar-refractivity contribution in [2.24, 2.45) is 0 Å². The van der Waals surface area contributed by atoms with Gasteiger partial charge in [-0.1, -0.05) is 49.1 Å². The third kappa shape index (κ3) is 6.60. The van der Waals surface area contributed by atoms with Crippen molar-refractivity contribution in [2.45, 2.75) is 13.8 Å². The van der Waals surface area contributed by atoms with Crippen LogP contribution in [0.3, 0.4) is 0 Å². The fraction of sp³-hybridized carbons (Fsp3) is 0.214. The Morgan fingerprint density at radius 3 is 2.19 bits per heavy atom. The summed E-state index contributed by atoms with van der Waals surface area (Å²) >= 11 is 0. The molecule has 0 unspecified atom stereocenters. The molecule has 1 rings (SSSR count). The van der Waals surface area contributed by atoms with Crippen molar-refractivity contribution in [2.75, 3.05) is 7.11 Å². The maximum Gasteiger partial charge on any atom is 0.332 e. The van der Waals surface area contributed by atoms with Gasteiger partial charge >= 0.3 is 5.97 Å². The van der Waals surface area contributed by atoms with Crippen molar-refractivity contribution in [3.05, 3.63) is 54.1 Å². The lowest BCUT2D eigenvalue weighted by Gasteiger charge is -1.91. The van der Waals surface area contributed by atoms with Gasteiger partial charge in [0.1, 0.15) is 0 Å². The summed E-state index contributed by atoms with van der Waals surface area (Å²) in [6.45, 7) is 6.98. The Balaban J connectivity index is 0.000000293. The monoisotopic (exact) mass is 218 g/mol. The molecule has 86 valence electrons. The van der Waals surface area contributed by atoms with E-state index in [4.69, 9.17) is 0 Å². The summed E-state index contributed by atoms with van der Waals surface area (Å²) in [6, 6.07) is 10.3. The van der Waals surface area contributed by atoms with E-state index in [0.29, 0.717) is 5.57 Å². The standard InChI is InChI=1S/C9H10.C5H8O2/c1-2-6-9-7-4-3-5-8-9;1-4(2)5(6)7-3/h2-8H,1H3;1H2,2-3H3. The van der Waals surface area contributed by atoms with E-state index in [2.05, 4.69) is 29.5 Å². The fourth-order valence-electron chi connectivity index (χ4n) is 0.931. The van der Waals surface area contributed by atoms with E-state index in [9.17, 15) is 4.79 Å². The molecule has 0 aromatic heterocycles. The first-order chi connectivity index (χ1) is 7.61. The lowest BCUT2D eigenvalue weighted by Crippen LogP contribution is -1.98. The van der Waals surface area contributed by atoms with E-state index >= 15 is 0 Å². The zero-order valence-corrected chi connectivity index (χ0v) is 10.1. The maximum atomic E-state index is 10.2. The van der Waals surface area contributed by atoms with Gasteiger partial charge in [-0.15, -0.1) is 0 Å². The lowest BCUT2D eigenvalue weighted by molar-refractivity contribution is -0.136. The maximum absolute atomic E-state index is 10.2. The van der Waals surface area contributed by atoms with Crippen LogP contribution in [-0.2, 0) is 9.53 Å². The summed E-state index contributed by atoms with van der Waals surface area (Å²) < 4.78 is 4.27. The van der Waals surface area contributed by atoms with Gasteiger partial charge in [0.2, 0.25) is 0 Å². The van der Waals surface area contributed by atoms with E-state index in [0.717, 1.165) is 0 Å². The van der Waals surface area contributed by atoms with Crippen LogP contribution in [0.2, 0.25) is 0 Å². The molecule has 0 atom stereocenters. The number of carbonyl (C=O) groups is 1. The number of esters is 1. The van der Waals surface area contributed by atoms with Crippen molar-refractivity contribution >= 4 is 12.0 Å². The molecule has 0 bridgehead atoms. The molecule has 0 spiro atoms. The van der Waals surface area contributed by atoms with Gasteiger partial charge in [0, 0.05) is 5.57 Å². The summed E-state index contributed by atoms with van der Waals surface area (Å²) in [7, 11) is 1.33. The second-order valence-electron chi connectivity index (χ2n) is 3.18. The number of methoxy groups -OCH3 is 1. The molecular weight excluding hydrogens is 200 g/mol. The van der Waals surface area contributed by atoms with Crippen LogP contribution in [0.5, 0.6) is 0 Å². The van der Waals surface area contributed by atoms with Crippen LogP contribution in [0, 0.1) is 0 Å². The van der Waals surface area contributed by atoms with Crippen LogP contribution in [-0.4, -0.2) is 13.1 Å². The molecule has 1 aromatic rings. The average Bonchev–Trinajstić information content (AvgIpc) is 2.30. The van der Waals surface area contributed by atoms with Gasteiger partial charge in [-0.25, -0.2) is 4.79 Å². The van der Waals surface area contributed by atoms with E-state index < -0.39 is 0 Å². The fourth-order valence-corrected chi connectivity index (χ4v) is 0.931. The summed E-state index contributed by atoms with van der Waals surface area (Å²) in [6.07, 6.45) is 4.12. The normalized spacial score (nSPS) is 9.19. The van der Waals surface area contributed by atoms with Gasteiger partial charge in [-0.2, -0.15) is 0 Å². The van der Waals surface area contributed by atoms with Crippen molar-refractivity contribution in [1.82, 2.24) is 0 Å². The van der Waals surface area contributed by atoms with E-state index in [1.54, 1.807) is 6.92 Å². The number of rotatable bonds is 2. The summed E-state index contributed by atoms with van der Waals surface area (Å²) in [4.78, 5) is 10.2. The van der Waals surface area contributed by atoms with Gasteiger partial charge in [0.05, 0.1) is 7.11 Å². The van der Waals surface area contributed by atoms with Gasteiger partial charge in [0.15, 0.2) is 0 Å². The minimum absolute atomic E-state index is 0.347. The van der Waals surface area contributed by atoms with Crippen LogP contribution >= 0.6 is 0 Å². The van der Waals surface area contributed by atoms with Crippen LogP contribution in [0.1, 0.15) is 19.4 Å². The highest BCUT2D eigenvalue weighted by atomic mass is 16.5. The minimum atomic E-state index is -0.347. The third-order valence-electron chi connectivity index (χ3n) is 1.69. The summed E-state index contributed by atoms with van der Waals surface area (Å²) in [5.74, 6) is -0.347. The number of hydrogen-bond donors (Lipinski definition) is 0. The molecule has 2 heteroatoms. The van der Waals surface area contributed by atoms with Crippen LogP contribution in [0.15, 0.2) is 48.6 Å². The van der Waals surface area contributed by atoms with Crippen molar-refractivity contribution in [3.8, 4) is 0 Å². The van der Waals surface area contributed by atoms with Gasteiger partial charge in [0.25, 0.3) is 0 Å². The predicted octanol–water partition coefficient (Wildman–Crippen LogP) is 3.46. The molecule has 0 saturated heterocycles. The SMILES string of the molecule is C=C(C)C(=O)OC.CC=Cc1ccccc1. The van der Waals surface area contributed by atoms with Crippen molar-refractivity contribution in [3.63, 3.8) is 0 Å². The molecule has 0 radical (unpaired) electrons. The largest absolute Gasteiger partial charge is 0.466 e. The minimum Gasteiger partial charge on any atom is -0.466 e.